The van der Waals surface area contributed by atoms with Crippen molar-refractivity contribution in [1.29, 1.82) is 0 Å². The molecule has 0 aliphatic carbocycles. The summed E-state index contributed by atoms with van der Waals surface area (Å²) in [6.07, 6.45) is 0. The van der Waals surface area contributed by atoms with Crippen molar-refractivity contribution in [2.75, 3.05) is 0 Å². The van der Waals surface area contributed by atoms with Crippen LogP contribution in [0.15, 0.2) is 209 Å². The van der Waals surface area contributed by atoms with Crippen molar-refractivity contribution in [2.45, 2.75) is 0 Å². The summed E-state index contributed by atoms with van der Waals surface area (Å²) < 4.78 is 13.0. The molecule has 5 nitrogen and oxygen atoms in total. The van der Waals surface area contributed by atoms with E-state index in [1.165, 1.54) is 5.56 Å². The standard InChI is InChI=1S/C55H33N3O2/c1-3-11-34(12-4-1)35-19-23-38(24-20-35)47-31-42(33-50-51(47)46-30-27-37-13-7-8-16-43(37)52(46)60-50)55-57-53(39-14-5-2-6-15-39)56-54(58-55)40-25-21-36(22-26-40)41-28-29-45-44-17-9-10-18-48(44)59-49(45)32-41/h1-33H. The maximum absolute atomic E-state index is 6.83. The molecule has 0 saturated heterocycles. The van der Waals surface area contributed by atoms with E-state index in [-0.39, 0.29) is 0 Å². The second kappa shape index (κ2) is 13.8. The van der Waals surface area contributed by atoms with E-state index in [1.807, 2.05) is 54.6 Å². The van der Waals surface area contributed by atoms with Crippen LogP contribution in [0.4, 0.5) is 0 Å². The lowest BCUT2D eigenvalue weighted by atomic mass is 9.94. The van der Waals surface area contributed by atoms with Crippen LogP contribution in [0, 0.1) is 0 Å². The van der Waals surface area contributed by atoms with Gasteiger partial charge in [0.05, 0.1) is 0 Å². The Bertz CT molecular complexity index is 3570. The number of fused-ring (bicyclic) bond motifs is 8. The quantitative estimate of drug-likeness (QED) is 0.169. The fourth-order valence-electron chi connectivity index (χ4n) is 8.53. The minimum absolute atomic E-state index is 0.563. The van der Waals surface area contributed by atoms with Crippen LogP contribution in [0.2, 0.25) is 0 Å². The molecule has 0 spiro atoms. The predicted octanol–water partition coefficient (Wildman–Crippen LogP) is 14.8. The molecule has 3 aromatic heterocycles. The highest BCUT2D eigenvalue weighted by Gasteiger charge is 2.20. The molecule has 9 aromatic carbocycles. The van der Waals surface area contributed by atoms with Crippen molar-refractivity contribution in [1.82, 2.24) is 15.0 Å². The summed E-state index contributed by atoms with van der Waals surface area (Å²) in [5, 5.41) is 6.56. The number of para-hydroxylation sites is 1. The summed E-state index contributed by atoms with van der Waals surface area (Å²) in [6, 6.07) is 69.3. The SMILES string of the molecule is c1ccc(-c2ccc(-c3cc(-c4nc(-c5ccccc5)nc(-c5ccc(-c6ccc7c(c6)oc6ccccc67)cc5)n4)cc4oc5c6ccccc6ccc5c34)cc2)cc1. The van der Waals surface area contributed by atoms with Crippen LogP contribution in [-0.4, -0.2) is 15.0 Å². The molecule has 5 heteroatoms. The fraction of sp³-hybridized carbons (Fsp3) is 0. The van der Waals surface area contributed by atoms with Gasteiger partial charge in [-0.25, -0.2) is 15.0 Å². The van der Waals surface area contributed by atoms with Crippen LogP contribution in [0.3, 0.4) is 0 Å². The number of benzene rings is 9. The third kappa shape index (κ3) is 5.75. The number of hydrogen-bond donors (Lipinski definition) is 0. The molecule has 0 unspecified atom stereocenters. The summed E-state index contributed by atoms with van der Waals surface area (Å²) in [5.74, 6) is 1.75. The highest BCUT2D eigenvalue weighted by molar-refractivity contribution is 6.19. The van der Waals surface area contributed by atoms with Crippen molar-refractivity contribution in [2.24, 2.45) is 0 Å². The molecule has 0 atom stereocenters. The zero-order chi connectivity index (χ0) is 39.6. The Morgan fingerprint density at radius 2 is 0.783 bits per heavy atom. The summed E-state index contributed by atoms with van der Waals surface area (Å²) in [7, 11) is 0. The first-order chi connectivity index (χ1) is 29.7. The van der Waals surface area contributed by atoms with Crippen LogP contribution in [0.25, 0.3) is 122 Å². The molecule has 0 radical (unpaired) electrons. The average molecular weight is 768 g/mol. The zero-order valence-corrected chi connectivity index (χ0v) is 32.2. The van der Waals surface area contributed by atoms with Crippen LogP contribution in [-0.2, 0) is 0 Å². The number of furan rings is 2. The van der Waals surface area contributed by atoms with Crippen molar-refractivity contribution in [3.63, 3.8) is 0 Å². The number of aromatic nitrogens is 3. The van der Waals surface area contributed by atoms with Gasteiger partial charge in [0.1, 0.15) is 22.3 Å². The lowest BCUT2D eigenvalue weighted by Crippen LogP contribution is -2.00. The van der Waals surface area contributed by atoms with Crippen molar-refractivity contribution in [3.05, 3.63) is 200 Å². The van der Waals surface area contributed by atoms with E-state index in [1.54, 1.807) is 0 Å². The Morgan fingerprint density at radius 3 is 1.53 bits per heavy atom. The van der Waals surface area contributed by atoms with Gasteiger partial charge in [0.25, 0.3) is 0 Å². The third-order valence-electron chi connectivity index (χ3n) is 11.5. The Balaban J connectivity index is 1.01. The fourth-order valence-corrected chi connectivity index (χ4v) is 8.53. The Kier molecular flexibility index (Phi) is 7.78. The zero-order valence-electron chi connectivity index (χ0n) is 32.2. The van der Waals surface area contributed by atoms with E-state index < -0.39 is 0 Å². The lowest BCUT2D eigenvalue weighted by molar-refractivity contribution is 0.669. The second-order valence-corrected chi connectivity index (χ2v) is 15.2. The molecule has 60 heavy (non-hydrogen) atoms. The highest BCUT2D eigenvalue weighted by atomic mass is 16.3. The average Bonchev–Trinajstić information content (AvgIpc) is 3.90. The molecule has 0 saturated carbocycles. The molecule has 0 N–H and O–H groups in total. The van der Waals surface area contributed by atoms with Crippen LogP contribution >= 0.6 is 0 Å². The summed E-state index contributed by atoms with van der Waals surface area (Å²) in [5.41, 5.74) is 12.6. The lowest BCUT2D eigenvalue weighted by Gasteiger charge is -2.12. The van der Waals surface area contributed by atoms with E-state index in [0.717, 1.165) is 99.2 Å². The minimum Gasteiger partial charge on any atom is -0.456 e. The summed E-state index contributed by atoms with van der Waals surface area (Å²) >= 11 is 0. The van der Waals surface area contributed by atoms with Crippen LogP contribution in [0.5, 0.6) is 0 Å². The van der Waals surface area contributed by atoms with Gasteiger partial charge in [-0.3, -0.25) is 0 Å². The summed E-state index contributed by atoms with van der Waals surface area (Å²) in [4.78, 5) is 15.4. The van der Waals surface area contributed by atoms with E-state index in [0.29, 0.717) is 17.5 Å². The molecule has 280 valence electrons. The van der Waals surface area contributed by atoms with Gasteiger partial charge in [0.2, 0.25) is 0 Å². The normalized spacial score (nSPS) is 11.7. The predicted molar refractivity (Wildman–Crippen MR) is 245 cm³/mol. The Labute approximate surface area is 344 Å². The first-order valence-corrected chi connectivity index (χ1v) is 20.1. The Morgan fingerprint density at radius 1 is 0.283 bits per heavy atom. The van der Waals surface area contributed by atoms with Gasteiger partial charge in [0, 0.05) is 43.6 Å². The summed E-state index contributed by atoms with van der Waals surface area (Å²) in [6.45, 7) is 0. The maximum atomic E-state index is 6.83. The van der Waals surface area contributed by atoms with E-state index in [9.17, 15) is 0 Å². The highest BCUT2D eigenvalue weighted by Crippen LogP contribution is 2.43. The molecular formula is C55H33N3O2. The van der Waals surface area contributed by atoms with Crippen molar-refractivity contribution in [3.8, 4) is 67.5 Å². The molecular weight excluding hydrogens is 735 g/mol. The number of hydrogen-bond acceptors (Lipinski definition) is 5. The van der Waals surface area contributed by atoms with E-state index in [2.05, 4.69) is 146 Å². The number of nitrogens with zero attached hydrogens (tertiary/aromatic N) is 3. The molecule has 12 aromatic rings. The van der Waals surface area contributed by atoms with Crippen molar-refractivity contribution >= 4 is 54.6 Å². The van der Waals surface area contributed by atoms with Gasteiger partial charge < -0.3 is 8.83 Å². The van der Waals surface area contributed by atoms with Crippen molar-refractivity contribution < 1.29 is 8.83 Å². The van der Waals surface area contributed by atoms with Crippen LogP contribution in [0.1, 0.15) is 0 Å². The molecule has 0 aliphatic heterocycles. The smallest absolute Gasteiger partial charge is 0.164 e. The topological polar surface area (TPSA) is 65.0 Å². The van der Waals surface area contributed by atoms with E-state index in [4.69, 9.17) is 23.8 Å². The van der Waals surface area contributed by atoms with Gasteiger partial charge in [-0.15, -0.1) is 0 Å². The monoisotopic (exact) mass is 767 g/mol. The van der Waals surface area contributed by atoms with Crippen LogP contribution < -0.4 is 0 Å². The number of rotatable bonds is 6. The molecule has 12 rings (SSSR count). The van der Waals surface area contributed by atoms with Gasteiger partial charge in [-0.1, -0.05) is 164 Å². The van der Waals surface area contributed by atoms with E-state index >= 15 is 0 Å². The van der Waals surface area contributed by atoms with Gasteiger partial charge >= 0.3 is 0 Å². The molecule has 0 aliphatic rings. The first-order valence-electron chi connectivity index (χ1n) is 20.1. The third-order valence-corrected chi connectivity index (χ3v) is 11.5. The van der Waals surface area contributed by atoms with Gasteiger partial charge in [-0.05, 0) is 75.2 Å². The molecule has 3 heterocycles. The Hall–Kier alpha value is -8.15. The molecule has 0 bridgehead atoms. The largest absolute Gasteiger partial charge is 0.456 e. The molecule has 0 amide bonds. The molecule has 0 fully saturated rings. The first kappa shape index (κ1) is 33.9. The van der Waals surface area contributed by atoms with Gasteiger partial charge in [-0.2, -0.15) is 0 Å². The second-order valence-electron chi connectivity index (χ2n) is 15.2. The maximum Gasteiger partial charge on any atom is 0.164 e. The van der Waals surface area contributed by atoms with Gasteiger partial charge in [0.15, 0.2) is 17.5 Å². The minimum atomic E-state index is 0.563.